The second kappa shape index (κ2) is 7.42. The first-order valence-corrected chi connectivity index (χ1v) is 9.38. The number of guanidine groups is 1. The second-order valence-electron chi connectivity index (χ2n) is 9.09. The van der Waals surface area contributed by atoms with Crippen LogP contribution in [-0.4, -0.2) is 49.7 Å². The van der Waals surface area contributed by atoms with Gasteiger partial charge in [-0.05, 0) is 37.0 Å². The summed E-state index contributed by atoms with van der Waals surface area (Å²) in [6.07, 6.45) is 3.96. The molecule has 0 aromatic carbocycles. The summed E-state index contributed by atoms with van der Waals surface area (Å²) in [7, 11) is 0. The topological polar surface area (TPSA) is 36.9 Å². The Labute approximate surface area is 143 Å². The highest BCUT2D eigenvalue weighted by molar-refractivity contribution is 5.80. The van der Waals surface area contributed by atoms with Crippen LogP contribution in [0.25, 0.3) is 0 Å². The fraction of sp³-hybridized carbons (Fsp3) is 0.947. The molecule has 4 heteroatoms. The quantitative estimate of drug-likeness (QED) is 0.638. The summed E-state index contributed by atoms with van der Waals surface area (Å²) in [5.74, 6) is 1.63. The van der Waals surface area contributed by atoms with E-state index in [1.165, 1.54) is 19.3 Å². The molecule has 2 unspecified atom stereocenters. The molecule has 23 heavy (non-hydrogen) atoms. The lowest BCUT2D eigenvalue weighted by molar-refractivity contribution is -0.0824. The first kappa shape index (κ1) is 18.6. The lowest BCUT2D eigenvalue weighted by Gasteiger charge is -2.39. The molecule has 0 aromatic heterocycles. The Bertz CT molecular complexity index is 411. The van der Waals surface area contributed by atoms with Gasteiger partial charge in [-0.15, -0.1) is 0 Å². The largest absolute Gasteiger partial charge is 0.377 e. The maximum atomic E-state index is 6.10. The maximum Gasteiger partial charge on any atom is 0.193 e. The first-order chi connectivity index (χ1) is 10.7. The molecule has 2 heterocycles. The number of hydrogen-bond acceptors (Lipinski definition) is 2. The van der Waals surface area contributed by atoms with E-state index in [0.29, 0.717) is 17.4 Å². The molecule has 2 fully saturated rings. The van der Waals surface area contributed by atoms with Crippen LogP contribution in [0.1, 0.15) is 60.8 Å². The van der Waals surface area contributed by atoms with Crippen molar-refractivity contribution >= 4 is 5.96 Å². The molecule has 2 rings (SSSR count). The molecular weight excluding hydrogens is 286 g/mol. The predicted molar refractivity (Wildman–Crippen MR) is 97.9 cm³/mol. The summed E-state index contributed by atoms with van der Waals surface area (Å²) in [4.78, 5) is 7.43. The Morgan fingerprint density at radius 3 is 2.65 bits per heavy atom. The highest BCUT2D eigenvalue weighted by atomic mass is 16.5. The SMILES string of the molecule is CCNC(=NCC1CCCOC1C(C)(C)C)N1CCC(C)(C)C1. The van der Waals surface area contributed by atoms with E-state index in [2.05, 4.69) is 51.8 Å². The zero-order valence-corrected chi connectivity index (χ0v) is 16.1. The summed E-state index contributed by atoms with van der Waals surface area (Å²) in [6.45, 7) is 18.6. The third-order valence-corrected chi connectivity index (χ3v) is 5.09. The van der Waals surface area contributed by atoms with E-state index >= 15 is 0 Å². The summed E-state index contributed by atoms with van der Waals surface area (Å²) in [6, 6.07) is 0. The van der Waals surface area contributed by atoms with Crippen molar-refractivity contribution < 1.29 is 4.74 Å². The molecule has 134 valence electrons. The van der Waals surface area contributed by atoms with E-state index in [1.807, 2.05) is 0 Å². The van der Waals surface area contributed by atoms with Gasteiger partial charge in [0.1, 0.15) is 0 Å². The van der Waals surface area contributed by atoms with Crippen LogP contribution in [0.2, 0.25) is 0 Å². The summed E-state index contributed by atoms with van der Waals surface area (Å²) >= 11 is 0. The Balaban J connectivity index is 2.04. The third kappa shape index (κ3) is 5.10. The fourth-order valence-electron chi connectivity index (χ4n) is 3.91. The van der Waals surface area contributed by atoms with Crippen LogP contribution >= 0.6 is 0 Å². The number of rotatable bonds is 3. The van der Waals surface area contributed by atoms with Gasteiger partial charge in [0.05, 0.1) is 6.10 Å². The van der Waals surface area contributed by atoms with Crippen molar-refractivity contribution in [3.05, 3.63) is 0 Å². The first-order valence-electron chi connectivity index (χ1n) is 9.38. The Morgan fingerprint density at radius 1 is 1.35 bits per heavy atom. The lowest BCUT2D eigenvalue weighted by atomic mass is 9.78. The second-order valence-corrected chi connectivity index (χ2v) is 9.09. The monoisotopic (exact) mass is 323 g/mol. The fourth-order valence-corrected chi connectivity index (χ4v) is 3.91. The van der Waals surface area contributed by atoms with E-state index in [9.17, 15) is 0 Å². The van der Waals surface area contributed by atoms with Crippen molar-refractivity contribution in [3.8, 4) is 0 Å². The van der Waals surface area contributed by atoms with Crippen LogP contribution < -0.4 is 5.32 Å². The van der Waals surface area contributed by atoms with E-state index in [1.54, 1.807) is 0 Å². The van der Waals surface area contributed by atoms with Gasteiger partial charge in [0.15, 0.2) is 5.96 Å². The Kier molecular flexibility index (Phi) is 5.99. The molecule has 2 aliphatic rings. The van der Waals surface area contributed by atoms with Crippen LogP contribution in [0.4, 0.5) is 0 Å². The van der Waals surface area contributed by atoms with Gasteiger partial charge in [-0.3, -0.25) is 4.99 Å². The number of nitrogens with one attached hydrogen (secondary N) is 1. The zero-order chi connectivity index (χ0) is 17.1. The van der Waals surface area contributed by atoms with Crippen LogP contribution in [0.3, 0.4) is 0 Å². The maximum absolute atomic E-state index is 6.10. The van der Waals surface area contributed by atoms with E-state index in [-0.39, 0.29) is 5.41 Å². The molecule has 0 aromatic rings. The number of ether oxygens (including phenoxy) is 1. The van der Waals surface area contributed by atoms with Crippen molar-refractivity contribution in [2.24, 2.45) is 21.7 Å². The standard InChI is InChI=1S/C19H37N3O/c1-7-20-17(22-11-10-19(5,6)14-22)21-13-15-9-8-12-23-16(15)18(2,3)4/h15-16H,7-14H2,1-6H3,(H,20,21). The molecule has 2 aliphatic heterocycles. The van der Waals surface area contributed by atoms with Gasteiger partial charge >= 0.3 is 0 Å². The average Bonchev–Trinajstić information content (AvgIpc) is 2.83. The lowest BCUT2D eigenvalue weighted by Crippen LogP contribution is -2.43. The molecule has 0 radical (unpaired) electrons. The number of nitrogens with zero attached hydrogens (tertiary/aromatic N) is 2. The van der Waals surface area contributed by atoms with Crippen molar-refractivity contribution in [3.63, 3.8) is 0 Å². The van der Waals surface area contributed by atoms with Gasteiger partial charge in [-0.25, -0.2) is 0 Å². The third-order valence-electron chi connectivity index (χ3n) is 5.09. The number of likely N-dealkylation sites (tertiary alicyclic amines) is 1. The van der Waals surface area contributed by atoms with Gasteiger partial charge in [0.2, 0.25) is 0 Å². The highest BCUT2D eigenvalue weighted by Gasteiger charge is 2.36. The summed E-state index contributed by atoms with van der Waals surface area (Å²) < 4.78 is 6.10. The molecule has 0 bridgehead atoms. The van der Waals surface area contributed by atoms with E-state index in [4.69, 9.17) is 9.73 Å². The zero-order valence-electron chi connectivity index (χ0n) is 16.1. The molecule has 0 spiro atoms. The number of aliphatic imine (C=N–C) groups is 1. The average molecular weight is 324 g/mol. The molecule has 2 saturated heterocycles. The van der Waals surface area contributed by atoms with Crippen LogP contribution in [0.5, 0.6) is 0 Å². The Morgan fingerprint density at radius 2 is 2.09 bits per heavy atom. The minimum atomic E-state index is 0.189. The normalized spacial score (nSPS) is 29.0. The van der Waals surface area contributed by atoms with Crippen molar-refractivity contribution in [2.45, 2.75) is 66.9 Å². The van der Waals surface area contributed by atoms with Crippen LogP contribution in [-0.2, 0) is 4.74 Å². The highest BCUT2D eigenvalue weighted by Crippen LogP contribution is 2.34. The van der Waals surface area contributed by atoms with Gasteiger partial charge in [-0.1, -0.05) is 34.6 Å². The van der Waals surface area contributed by atoms with Crippen LogP contribution in [0, 0.1) is 16.7 Å². The minimum Gasteiger partial charge on any atom is -0.377 e. The molecule has 0 saturated carbocycles. The molecular formula is C19H37N3O. The Hall–Kier alpha value is -0.770. The van der Waals surface area contributed by atoms with Crippen molar-refractivity contribution in [2.75, 3.05) is 32.8 Å². The summed E-state index contributed by atoms with van der Waals surface area (Å²) in [5, 5.41) is 3.49. The minimum absolute atomic E-state index is 0.189. The van der Waals surface area contributed by atoms with E-state index in [0.717, 1.165) is 38.7 Å². The molecule has 4 nitrogen and oxygen atoms in total. The van der Waals surface area contributed by atoms with Gasteiger partial charge in [0.25, 0.3) is 0 Å². The smallest absolute Gasteiger partial charge is 0.193 e. The van der Waals surface area contributed by atoms with Gasteiger partial charge < -0.3 is 15.0 Å². The number of hydrogen-bond donors (Lipinski definition) is 1. The van der Waals surface area contributed by atoms with Crippen molar-refractivity contribution in [1.29, 1.82) is 0 Å². The van der Waals surface area contributed by atoms with Gasteiger partial charge in [0, 0.05) is 38.7 Å². The van der Waals surface area contributed by atoms with E-state index < -0.39 is 0 Å². The molecule has 0 amide bonds. The predicted octanol–water partition coefficient (Wildman–Crippen LogP) is 3.53. The van der Waals surface area contributed by atoms with Crippen LogP contribution in [0.15, 0.2) is 4.99 Å². The molecule has 1 N–H and O–H groups in total. The van der Waals surface area contributed by atoms with Gasteiger partial charge in [-0.2, -0.15) is 0 Å². The van der Waals surface area contributed by atoms with Crippen molar-refractivity contribution in [1.82, 2.24) is 10.2 Å². The summed E-state index contributed by atoms with van der Waals surface area (Å²) in [5.41, 5.74) is 0.590. The molecule has 0 aliphatic carbocycles. The molecule has 2 atom stereocenters.